The molecule has 0 aromatic carbocycles. The number of rotatable bonds is 3. The number of nitrogens with zero attached hydrogens (tertiary/aromatic N) is 3. The lowest BCUT2D eigenvalue weighted by molar-refractivity contribution is 0.0708. The fraction of sp³-hybridized carbons (Fsp3) is 0.714. The highest BCUT2D eigenvalue weighted by Gasteiger charge is 2.32. The van der Waals surface area contributed by atoms with Crippen molar-refractivity contribution in [3.05, 3.63) is 16.1 Å². The minimum Gasteiger partial charge on any atom is -0.332 e. The first-order valence-corrected chi connectivity index (χ1v) is 8.01. The molecule has 2 aliphatic rings. The van der Waals surface area contributed by atoms with E-state index in [2.05, 4.69) is 14.8 Å². The molecule has 1 atom stereocenters. The van der Waals surface area contributed by atoms with Gasteiger partial charge in [-0.1, -0.05) is 0 Å². The van der Waals surface area contributed by atoms with E-state index in [0.717, 1.165) is 30.8 Å². The van der Waals surface area contributed by atoms with Crippen LogP contribution in [0.15, 0.2) is 6.20 Å². The maximum absolute atomic E-state index is 12.5. The molecule has 104 valence electrons. The van der Waals surface area contributed by atoms with Crippen molar-refractivity contribution in [2.45, 2.75) is 38.6 Å². The summed E-state index contributed by atoms with van der Waals surface area (Å²) in [5.41, 5.74) is 0. The molecule has 0 bridgehead atoms. The predicted molar refractivity (Wildman–Crippen MR) is 76.6 cm³/mol. The lowest BCUT2D eigenvalue weighted by atomic mass is 10.2. The topological polar surface area (TPSA) is 36.4 Å². The minimum absolute atomic E-state index is 0.139. The zero-order valence-corrected chi connectivity index (χ0v) is 12.3. The number of amides is 1. The molecule has 1 amide bonds. The summed E-state index contributed by atoms with van der Waals surface area (Å²) in [4.78, 5) is 22.4. The van der Waals surface area contributed by atoms with Gasteiger partial charge < -0.3 is 9.80 Å². The molecule has 0 N–H and O–H groups in total. The SMILES string of the molecule is Cc1cnc(C(=O)N2CCCC2CN2CCCC2)s1. The molecular formula is C14H21N3OS. The van der Waals surface area contributed by atoms with Crippen LogP contribution in [0.1, 0.15) is 40.4 Å². The Kier molecular flexibility index (Phi) is 3.84. The summed E-state index contributed by atoms with van der Waals surface area (Å²) in [5.74, 6) is 0.139. The van der Waals surface area contributed by atoms with Gasteiger partial charge in [0, 0.05) is 30.2 Å². The molecule has 1 aromatic heterocycles. The average molecular weight is 279 g/mol. The number of carbonyl (C=O) groups excluding carboxylic acids is 1. The summed E-state index contributed by atoms with van der Waals surface area (Å²) in [6, 6.07) is 0.398. The van der Waals surface area contributed by atoms with E-state index in [1.54, 1.807) is 6.20 Å². The number of aryl methyl sites for hydroxylation is 1. The Balaban J connectivity index is 1.66. The second-order valence-electron chi connectivity index (χ2n) is 5.58. The van der Waals surface area contributed by atoms with Gasteiger partial charge in [-0.05, 0) is 45.7 Å². The second kappa shape index (κ2) is 5.59. The third-order valence-electron chi connectivity index (χ3n) is 4.11. The van der Waals surface area contributed by atoms with Crippen LogP contribution >= 0.6 is 11.3 Å². The van der Waals surface area contributed by atoms with E-state index < -0.39 is 0 Å². The van der Waals surface area contributed by atoms with Crippen molar-refractivity contribution in [1.82, 2.24) is 14.8 Å². The summed E-state index contributed by atoms with van der Waals surface area (Å²) < 4.78 is 0. The average Bonchev–Trinajstić information content (AvgIpc) is 3.10. The zero-order chi connectivity index (χ0) is 13.2. The van der Waals surface area contributed by atoms with Crippen LogP contribution in [-0.2, 0) is 0 Å². The van der Waals surface area contributed by atoms with Gasteiger partial charge in [-0.3, -0.25) is 4.79 Å². The molecule has 0 radical (unpaired) electrons. The van der Waals surface area contributed by atoms with Crippen molar-refractivity contribution in [2.24, 2.45) is 0 Å². The molecule has 5 heteroatoms. The normalized spacial score (nSPS) is 24.3. The fourth-order valence-corrected chi connectivity index (χ4v) is 3.85. The van der Waals surface area contributed by atoms with E-state index in [0.29, 0.717) is 11.0 Å². The van der Waals surface area contributed by atoms with E-state index in [1.807, 2.05) is 6.92 Å². The number of aromatic nitrogens is 1. The molecule has 2 fully saturated rings. The minimum atomic E-state index is 0.139. The molecule has 1 aromatic rings. The maximum atomic E-state index is 12.5. The van der Waals surface area contributed by atoms with Gasteiger partial charge in [0.25, 0.3) is 5.91 Å². The van der Waals surface area contributed by atoms with E-state index in [1.165, 1.54) is 37.3 Å². The van der Waals surface area contributed by atoms with Crippen LogP contribution in [0.25, 0.3) is 0 Å². The molecule has 0 spiro atoms. The molecule has 0 saturated carbocycles. The standard InChI is InChI=1S/C14H21N3OS/c1-11-9-15-13(19-11)14(18)17-8-4-5-12(17)10-16-6-2-3-7-16/h9,12H,2-8,10H2,1H3. The van der Waals surface area contributed by atoms with Gasteiger partial charge in [-0.2, -0.15) is 0 Å². The highest BCUT2D eigenvalue weighted by atomic mass is 32.1. The van der Waals surface area contributed by atoms with E-state index in [9.17, 15) is 4.79 Å². The summed E-state index contributed by atoms with van der Waals surface area (Å²) >= 11 is 1.51. The Morgan fingerprint density at radius 1 is 1.37 bits per heavy atom. The predicted octanol–water partition coefficient (Wildman–Crippen LogP) is 2.15. The molecular weight excluding hydrogens is 258 g/mol. The van der Waals surface area contributed by atoms with Crippen molar-refractivity contribution in [3.8, 4) is 0 Å². The van der Waals surface area contributed by atoms with E-state index in [4.69, 9.17) is 0 Å². The largest absolute Gasteiger partial charge is 0.332 e. The van der Waals surface area contributed by atoms with Gasteiger partial charge in [0.2, 0.25) is 0 Å². The van der Waals surface area contributed by atoms with Gasteiger partial charge in [-0.15, -0.1) is 11.3 Å². The second-order valence-corrected chi connectivity index (χ2v) is 6.81. The summed E-state index contributed by atoms with van der Waals surface area (Å²) in [5, 5.41) is 0.658. The monoisotopic (exact) mass is 279 g/mol. The number of hydrogen-bond acceptors (Lipinski definition) is 4. The first-order valence-electron chi connectivity index (χ1n) is 7.20. The number of hydrogen-bond donors (Lipinski definition) is 0. The maximum Gasteiger partial charge on any atom is 0.283 e. The zero-order valence-electron chi connectivity index (χ0n) is 11.5. The Labute approximate surface area is 118 Å². The fourth-order valence-electron chi connectivity index (χ4n) is 3.13. The third-order valence-corrected chi connectivity index (χ3v) is 5.01. The molecule has 2 aliphatic heterocycles. The summed E-state index contributed by atoms with van der Waals surface area (Å²) in [6.07, 6.45) is 6.70. The van der Waals surface area contributed by atoms with Gasteiger partial charge >= 0.3 is 0 Å². The summed E-state index contributed by atoms with van der Waals surface area (Å²) in [7, 11) is 0. The van der Waals surface area contributed by atoms with Crippen LogP contribution < -0.4 is 0 Å². The highest BCUT2D eigenvalue weighted by molar-refractivity contribution is 7.13. The number of likely N-dealkylation sites (tertiary alicyclic amines) is 2. The number of thiazole rings is 1. The smallest absolute Gasteiger partial charge is 0.283 e. The van der Waals surface area contributed by atoms with Crippen LogP contribution in [0.2, 0.25) is 0 Å². The van der Waals surface area contributed by atoms with Crippen molar-refractivity contribution in [3.63, 3.8) is 0 Å². The molecule has 4 nitrogen and oxygen atoms in total. The van der Waals surface area contributed by atoms with Crippen LogP contribution in [-0.4, -0.2) is 52.9 Å². The molecule has 1 unspecified atom stereocenters. The van der Waals surface area contributed by atoms with Crippen molar-refractivity contribution in [1.29, 1.82) is 0 Å². The van der Waals surface area contributed by atoms with Crippen LogP contribution in [0.5, 0.6) is 0 Å². The number of carbonyl (C=O) groups is 1. The molecule has 2 saturated heterocycles. The van der Waals surface area contributed by atoms with Crippen LogP contribution in [0.3, 0.4) is 0 Å². The molecule has 3 heterocycles. The Morgan fingerprint density at radius 3 is 2.84 bits per heavy atom. The Morgan fingerprint density at radius 2 is 2.16 bits per heavy atom. The first kappa shape index (κ1) is 13.1. The van der Waals surface area contributed by atoms with E-state index in [-0.39, 0.29) is 5.91 Å². The van der Waals surface area contributed by atoms with Gasteiger partial charge in [0.15, 0.2) is 5.01 Å². The third kappa shape index (κ3) is 2.82. The van der Waals surface area contributed by atoms with Crippen molar-refractivity contribution < 1.29 is 4.79 Å². The summed E-state index contributed by atoms with van der Waals surface area (Å²) in [6.45, 7) is 6.36. The molecule has 3 rings (SSSR count). The first-order chi connectivity index (χ1) is 9.24. The van der Waals surface area contributed by atoms with E-state index >= 15 is 0 Å². The van der Waals surface area contributed by atoms with Crippen molar-refractivity contribution in [2.75, 3.05) is 26.2 Å². The highest BCUT2D eigenvalue weighted by Crippen LogP contribution is 2.24. The quantitative estimate of drug-likeness (QED) is 0.850. The molecule has 19 heavy (non-hydrogen) atoms. The lowest BCUT2D eigenvalue weighted by Gasteiger charge is -2.27. The van der Waals surface area contributed by atoms with Gasteiger partial charge in [0.05, 0.1) is 0 Å². The lowest BCUT2D eigenvalue weighted by Crippen LogP contribution is -2.42. The van der Waals surface area contributed by atoms with Crippen molar-refractivity contribution >= 4 is 17.2 Å². The van der Waals surface area contributed by atoms with Gasteiger partial charge in [-0.25, -0.2) is 4.98 Å². The van der Waals surface area contributed by atoms with Gasteiger partial charge in [0.1, 0.15) is 0 Å². The van der Waals surface area contributed by atoms with Crippen LogP contribution in [0, 0.1) is 6.92 Å². The van der Waals surface area contributed by atoms with Crippen LogP contribution in [0.4, 0.5) is 0 Å². The molecule has 0 aliphatic carbocycles. The Hall–Kier alpha value is -0.940. The Bertz CT molecular complexity index is 453.